The van der Waals surface area contributed by atoms with Crippen molar-refractivity contribution < 1.29 is 9.59 Å². The lowest BCUT2D eigenvalue weighted by molar-refractivity contribution is -0.120. The van der Waals surface area contributed by atoms with Gasteiger partial charge in [-0.3, -0.25) is 9.59 Å². The highest BCUT2D eigenvalue weighted by Crippen LogP contribution is 2.58. The molecule has 2 atom stereocenters. The van der Waals surface area contributed by atoms with Gasteiger partial charge in [0.2, 0.25) is 0 Å². The summed E-state index contributed by atoms with van der Waals surface area (Å²) in [5.74, 6) is 1.21. The Morgan fingerprint density at radius 1 is 1.10 bits per heavy atom. The lowest BCUT2D eigenvalue weighted by Crippen LogP contribution is -2.18. The number of carbonyl (C=O) groups excluding carboxylic acids is 2. The number of Topliss-reactive ketones (excluding diaryl/α,β-unsaturated/α-hetero) is 2. The Bertz CT molecular complexity index is 563. The molecule has 3 aliphatic rings. The normalized spacial score (nSPS) is 31.5. The second kappa shape index (κ2) is 5.01. The number of hydrogen-bond donors (Lipinski definition) is 0. The van der Waals surface area contributed by atoms with Crippen molar-refractivity contribution in [2.45, 2.75) is 40.5 Å². The zero-order chi connectivity index (χ0) is 15.1. The summed E-state index contributed by atoms with van der Waals surface area (Å²) < 4.78 is 0. The Labute approximate surface area is 120 Å². The lowest BCUT2D eigenvalue weighted by Gasteiger charge is -2.14. The van der Waals surface area contributed by atoms with Gasteiger partial charge in [0.25, 0.3) is 0 Å². The van der Waals surface area contributed by atoms with Gasteiger partial charge in [-0.25, -0.2) is 0 Å². The molecule has 1 saturated carbocycles. The first-order valence-corrected chi connectivity index (χ1v) is 7.07. The summed E-state index contributed by atoms with van der Waals surface area (Å²) >= 11 is 0. The average Bonchev–Trinajstić information content (AvgIpc) is 3.05. The molecule has 0 aromatic carbocycles. The molecular weight excluding hydrogens is 248 g/mol. The van der Waals surface area contributed by atoms with E-state index in [1.807, 2.05) is 20.8 Å². The minimum Gasteiger partial charge on any atom is -0.294 e. The highest BCUT2D eigenvalue weighted by Gasteiger charge is 2.56. The molecule has 0 aromatic rings. The number of allylic oxidation sites excluding steroid dienone is 7. The first-order chi connectivity index (χ1) is 9.25. The quantitative estimate of drug-likeness (QED) is 0.668. The molecule has 2 nitrogen and oxygen atoms in total. The molecule has 20 heavy (non-hydrogen) atoms. The third kappa shape index (κ3) is 2.60. The molecule has 0 aliphatic heterocycles. The van der Waals surface area contributed by atoms with Crippen LogP contribution in [-0.4, -0.2) is 11.6 Å². The summed E-state index contributed by atoms with van der Waals surface area (Å²) in [5.41, 5.74) is 3.53. The molecule has 0 bridgehead atoms. The van der Waals surface area contributed by atoms with E-state index in [1.54, 1.807) is 12.2 Å². The van der Waals surface area contributed by atoms with E-state index in [2.05, 4.69) is 19.6 Å². The van der Waals surface area contributed by atoms with Crippen molar-refractivity contribution in [2.24, 2.45) is 11.3 Å². The van der Waals surface area contributed by atoms with Crippen LogP contribution in [0.5, 0.6) is 0 Å². The van der Waals surface area contributed by atoms with Crippen molar-refractivity contribution in [3.63, 3.8) is 0 Å². The van der Waals surface area contributed by atoms with Crippen molar-refractivity contribution in [1.29, 1.82) is 0 Å². The van der Waals surface area contributed by atoms with Crippen LogP contribution in [0.2, 0.25) is 0 Å². The fourth-order valence-corrected chi connectivity index (χ4v) is 2.98. The molecule has 0 amide bonds. The first kappa shape index (κ1) is 14.7. The van der Waals surface area contributed by atoms with E-state index in [-0.39, 0.29) is 11.2 Å². The second-order valence-corrected chi connectivity index (χ2v) is 6.33. The van der Waals surface area contributed by atoms with Gasteiger partial charge in [0, 0.05) is 5.41 Å². The van der Waals surface area contributed by atoms with Crippen LogP contribution in [0.25, 0.3) is 0 Å². The highest BCUT2D eigenvalue weighted by molar-refractivity contribution is 6.09. The van der Waals surface area contributed by atoms with Crippen LogP contribution < -0.4 is 0 Å². The van der Waals surface area contributed by atoms with Crippen LogP contribution in [0.1, 0.15) is 40.5 Å². The molecule has 3 rings (SSSR count). The predicted molar refractivity (Wildman–Crippen MR) is 81.3 cm³/mol. The lowest BCUT2D eigenvalue weighted by atomic mass is 9.89. The summed E-state index contributed by atoms with van der Waals surface area (Å²) in [6.45, 7) is 11.4. The van der Waals surface area contributed by atoms with E-state index in [4.69, 9.17) is 0 Å². The van der Waals surface area contributed by atoms with E-state index in [1.165, 1.54) is 0 Å². The Hall–Kier alpha value is -1.70. The molecule has 0 heterocycles. The average molecular weight is 270 g/mol. The second-order valence-electron chi connectivity index (χ2n) is 6.33. The van der Waals surface area contributed by atoms with Crippen molar-refractivity contribution in [2.75, 3.05) is 0 Å². The smallest absolute Gasteiger partial charge is 0.184 e. The standard InChI is InChI=1S/C9H12O.C9H10O/c1-6-3-4-7-5-9(7,2)8(6)10;1-6-4-7(2)9(10)8(3)5-6/h3,7H,4-5H2,1-2H3;4-5H,1H2,2-3H3. The van der Waals surface area contributed by atoms with Crippen LogP contribution >= 0.6 is 0 Å². The van der Waals surface area contributed by atoms with Crippen molar-refractivity contribution in [1.82, 2.24) is 0 Å². The van der Waals surface area contributed by atoms with Crippen LogP contribution in [-0.2, 0) is 9.59 Å². The third-order valence-electron chi connectivity index (χ3n) is 4.52. The van der Waals surface area contributed by atoms with Crippen LogP contribution in [0, 0.1) is 11.3 Å². The van der Waals surface area contributed by atoms with Crippen molar-refractivity contribution in [3.8, 4) is 0 Å². The Kier molecular flexibility index (Phi) is 3.68. The monoisotopic (exact) mass is 270 g/mol. The number of hydrogen-bond acceptors (Lipinski definition) is 2. The SMILES string of the molecule is C=C1C=C(C)C(=O)C(C)=C1.CC1=CCC2CC2(C)C1=O. The van der Waals surface area contributed by atoms with Gasteiger partial charge in [0.1, 0.15) is 0 Å². The van der Waals surface area contributed by atoms with Crippen LogP contribution in [0.3, 0.4) is 0 Å². The molecule has 0 N–H and O–H groups in total. The molecule has 1 fully saturated rings. The first-order valence-electron chi connectivity index (χ1n) is 7.07. The van der Waals surface area contributed by atoms with Gasteiger partial charge in [-0.1, -0.05) is 19.6 Å². The summed E-state index contributed by atoms with van der Waals surface area (Å²) in [7, 11) is 0. The number of rotatable bonds is 0. The molecular formula is C18H22O2. The van der Waals surface area contributed by atoms with Crippen molar-refractivity contribution in [3.05, 3.63) is 47.1 Å². The van der Waals surface area contributed by atoms with Crippen molar-refractivity contribution >= 4 is 11.6 Å². The van der Waals surface area contributed by atoms with E-state index >= 15 is 0 Å². The summed E-state index contributed by atoms with van der Waals surface area (Å²) in [6, 6.07) is 0. The maximum Gasteiger partial charge on any atom is 0.184 e. The van der Waals surface area contributed by atoms with Gasteiger partial charge in [0.15, 0.2) is 11.6 Å². The van der Waals surface area contributed by atoms with Crippen LogP contribution in [0.4, 0.5) is 0 Å². The van der Waals surface area contributed by atoms with E-state index < -0.39 is 0 Å². The molecule has 0 saturated heterocycles. The topological polar surface area (TPSA) is 34.1 Å². The number of ketones is 2. The zero-order valence-corrected chi connectivity index (χ0v) is 12.7. The molecule has 0 aromatic heterocycles. The molecule has 0 spiro atoms. The van der Waals surface area contributed by atoms with E-state index in [9.17, 15) is 9.59 Å². The van der Waals surface area contributed by atoms with Gasteiger partial charge in [-0.05, 0) is 74.0 Å². The fourth-order valence-electron chi connectivity index (χ4n) is 2.98. The van der Waals surface area contributed by atoms with Crippen LogP contribution in [0.15, 0.2) is 47.1 Å². The minimum absolute atomic E-state index is 0.0683. The Morgan fingerprint density at radius 3 is 2.15 bits per heavy atom. The summed E-state index contributed by atoms with van der Waals surface area (Å²) in [4.78, 5) is 22.5. The predicted octanol–water partition coefficient (Wildman–Crippen LogP) is 3.95. The molecule has 2 unspecified atom stereocenters. The van der Waals surface area contributed by atoms with Gasteiger partial charge in [-0.2, -0.15) is 0 Å². The van der Waals surface area contributed by atoms with E-state index in [0.29, 0.717) is 11.7 Å². The Balaban J connectivity index is 0.000000147. The fraction of sp³-hybridized carbons (Fsp3) is 0.444. The third-order valence-corrected chi connectivity index (χ3v) is 4.52. The van der Waals surface area contributed by atoms with Gasteiger partial charge < -0.3 is 0 Å². The maximum absolute atomic E-state index is 11.4. The molecule has 2 heteroatoms. The summed E-state index contributed by atoms with van der Waals surface area (Å²) in [5, 5.41) is 0. The van der Waals surface area contributed by atoms with Gasteiger partial charge in [-0.15, -0.1) is 0 Å². The molecule has 0 radical (unpaired) electrons. The summed E-state index contributed by atoms with van der Waals surface area (Å²) in [6.07, 6.45) is 7.94. The highest BCUT2D eigenvalue weighted by atomic mass is 16.1. The Morgan fingerprint density at radius 2 is 1.65 bits per heavy atom. The minimum atomic E-state index is 0.0683. The van der Waals surface area contributed by atoms with Gasteiger partial charge in [0.05, 0.1) is 0 Å². The zero-order valence-electron chi connectivity index (χ0n) is 12.7. The maximum atomic E-state index is 11.4. The molecule has 3 aliphatic carbocycles. The number of carbonyl (C=O) groups is 2. The molecule has 106 valence electrons. The largest absolute Gasteiger partial charge is 0.294 e. The van der Waals surface area contributed by atoms with E-state index in [0.717, 1.165) is 35.1 Å². The van der Waals surface area contributed by atoms with Gasteiger partial charge >= 0.3 is 0 Å². The number of fused-ring (bicyclic) bond motifs is 1.